The number of benzene rings is 1. The molecule has 1 aliphatic rings. The van der Waals surface area contributed by atoms with E-state index in [2.05, 4.69) is 0 Å². The van der Waals surface area contributed by atoms with Gasteiger partial charge in [-0.1, -0.05) is 12.1 Å². The Morgan fingerprint density at radius 2 is 1.82 bits per heavy atom. The first-order valence-corrected chi connectivity index (χ1v) is 7.76. The van der Waals surface area contributed by atoms with Gasteiger partial charge in [0, 0.05) is 24.6 Å². The summed E-state index contributed by atoms with van der Waals surface area (Å²) in [5.41, 5.74) is 7.04. The molecular weight excluding hydrogens is 280 g/mol. The standard InChI is InChI=1S/C17H24N2O3/c1-12(2)22-11-13-3-5-15(6-4-13)17(21)19-9-7-14(8-10-19)16(18)20/h3-6,12,14H,7-11H2,1-2H3,(H2,18,20). The Bertz CT molecular complexity index is 517. The molecule has 5 heteroatoms. The highest BCUT2D eigenvalue weighted by atomic mass is 16.5. The number of nitrogens with zero attached hydrogens (tertiary/aromatic N) is 1. The van der Waals surface area contributed by atoms with Crippen molar-refractivity contribution in [2.45, 2.75) is 39.4 Å². The van der Waals surface area contributed by atoms with Crippen molar-refractivity contribution < 1.29 is 14.3 Å². The quantitative estimate of drug-likeness (QED) is 0.903. The van der Waals surface area contributed by atoms with Crippen molar-refractivity contribution >= 4 is 11.8 Å². The molecule has 0 atom stereocenters. The number of nitrogens with two attached hydrogens (primary N) is 1. The lowest BCUT2D eigenvalue weighted by Crippen LogP contribution is -2.41. The first kappa shape index (κ1) is 16.5. The summed E-state index contributed by atoms with van der Waals surface area (Å²) in [7, 11) is 0. The monoisotopic (exact) mass is 304 g/mol. The van der Waals surface area contributed by atoms with Gasteiger partial charge in [0.2, 0.25) is 5.91 Å². The first-order chi connectivity index (χ1) is 10.5. The summed E-state index contributed by atoms with van der Waals surface area (Å²) in [5.74, 6) is -0.347. The van der Waals surface area contributed by atoms with E-state index in [0.29, 0.717) is 38.1 Å². The average Bonchev–Trinajstić information content (AvgIpc) is 2.53. The molecule has 0 aliphatic carbocycles. The van der Waals surface area contributed by atoms with Crippen molar-refractivity contribution in [1.82, 2.24) is 4.90 Å². The molecule has 0 aromatic heterocycles. The van der Waals surface area contributed by atoms with E-state index in [-0.39, 0.29) is 23.8 Å². The van der Waals surface area contributed by atoms with Crippen LogP contribution in [0.5, 0.6) is 0 Å². The predicted molar refractivity (Wildman–Crippen MR) is 84.2 cm³/mol. The number of amides is 2. The van der Waals surface area contributed by atoms with Crippen LogP contribution >= 0.6 is 0 Å². The van der Waals surface area contributed by atoms with Gasteiger partial charge in [-0.15, -0.1) is 0 Å². The summed E-state index contributed by atoms with van der Waals surface area (Å²) in [6, 6.07) is 7.51. The molecule has 1 aromatic rings. The number of likely N-dealkylation sites (tertiary alicyclic amines) is 1. The maximum absolute atomic E-state index is 12.4. The van der Waals surface area contributed by atoms with Crippen LogP contribution in [0.2, 0.25) is 0 Å². The molecule has 0 saturated carbocycles. The van der Waals surface area contributed by atoms with Crippen molar-refractivity contribution in [2.75, 3.05) is 13.1 Å². The van der Waals surface area contributed by atoms with Gasteiger partial charge in [-0.2, -0.15) is 0 Å². The van der Waals surface area contributed by atoms with Crippen LogP contribution in [0.1, 0.15) is 42.6 Å². The molecule has 0 spiro atoms. The Kier molecular flexibility index (Phi) is 5.55. The van der Waals surface area contributed by atoms with Gasteiger partial charge < -0.3 is 15.4 Å². The van der Waals surface area contributed by atoms with Gasteiger partial charge in [-0.3, -0.25) is 9.59 Å². The zero-order chi connectivity index (χ0) is 16.1. The minimum absolute atomic E-state index is 0.0132. The number of hydrogen-bond donors (Lipinski definition) is 1. The Morgan fingerprint density at radius 1 is 1.23 bits per heavy atom. The molecule has 120 valence electrons. The topological polar surface area (TPSA) is 72.6 Å². The SMILES string of the molecule is CC(C)OCc1ccc(C(=O)N2CCC(C(N)=O)CC2)cc1. The summed E-state index contributed by atoms with van der Waals surface area (Å²) < 4.78 is 5.54. The lowest BCUT2D eigenvalue weighted by atomic mass is 9.96. The largest absolute Gasteiger partial charge is 0.374 e. The second-order valence-corrected chi connectivity index (χ2v) is 6.03. The number of primary amides is 1. The van der Waals surface area contributed by atoms with Crippen LogP contribution in [-0.4, -0.2) is 35.9 Å². The summed E-state index contributed by atoms with van der Waals surface area (Å²) in [6.07, 6.45) is 1.50. The fourth-order valence-corrected chi connectivity index (χ4v) is 2.56. The highest BCUT2D eigenvalue weighted by Gasteiger charge is 2.26. The summed E-state index contributed by atoms with van der Waals surface area (Å²) in [4.78, 5) is 25.4. The number of piperidine rings is 1. The number of rotatable bonds is 5. The lowest BCUT2D eigenvalue weighted by Gasteiger charge is -2.30. The molecule has 22 heavy (non-hydrogen) atoms. The molecule has 1 aliphatic heterocycles. The number of carbonyl (C=O) groups is 2. The third-order valence-corrected chi connectivity index (χ3v) is 3.97. The van der Waals surface area contributed by atoms with Crippen molar-refractivity contribution in [1.29, 1.82) is 0 Å². The van der Waals surface area contributed by atoms with E-state index in [1.54, 1.807) is 4.90 Å². The van der Waals surface area contributed by atoms with E-state index in [4.69, 9.17) is 10.5 Å². The molecule has 1 heterocycles. The fourth-order valence-electron chi connectivity index (χ4n) is 2.56. The Balaban J connectivity index is 1.91. The summed E-state index contributed by atoms with van der Waals surface area (Å²) in [6.45, 7) is 5.71. The van der Waals surface area contributed by atoms with E-state index in [0.717, 1.165) is 5.56 Å². The molecule has 2 N–H and O–H groups in total. The van der Waals surface area contributed by atoms with Crippen LogP contribution in [0.4, 0.5) is 0 Å². The van der Waals surface area contributed by atoms with Crippen LogP contribution in [0, 0.1) is 5.92 Å². The molecule has 5 nitrogen and oxygen atoms in total. The minimum Gasteiger partial charge on any atom is -0.374 e. The number of hydrogen-bond acceptors (Lipinski definition) is 3. The van der Waals surface area contributed by atoms with Crippen LogP contribution < -0.4 is 5.73 Å². The average molecular weight is 304 g/mol. The van der Waals surface area contributed by atoms with E-state index < -0.39 is 0 Å². The van der Waals surface area contributed by atoms with E-state index in [9.17, 15) is 9.59 Å². The van der Waals surface area contributed by atoms with Gasteiger partial charge >= 0.3 is 0 Å². The normalized spacial score (nSPS) is 16.0. The van der Waals surface area contributed by atoms with Gasteiger partial charge in [0.15, 0.2) is 0 Å². The zero-order valence-electron chi connectivity index (χ0n) is 13.2. The zero-order valence-corrected chi connectivity index (χ0v) is 13.2. The van der Waals surface area contributed by atoms with Crippen molar-refractivity contribution in [3.63, 3.8) is 0 Å². The molecule has 0 unspecified atom stereocenters. The Morgan fingerprint density at radius 3 is 2.32 bits per heavy atom. The van der Waals surface area contributed by atoms with E-state index in [1.807, 2.05) is 38.1 Å². The highest BCUT2D eigenvalue weighted by Crippen LogP contribution is 2.19. The minimum atomic E-state index is -0.262. The molecule has 0 bridgehead atoms. The molecule has 1 fully saturated rings. The highest BCUT2D eigenvalue weighted by molar-refractivity contribution is 5.94. The predicted octanol–water partition coefficient (Wildman–Crippen LogP) is 1.95. The van der Waals surface area contributed by atoms with Crippen molar-refractivity contribution in [3.8, 4) is 0 Å². The second kappa shape index (κ2) is 7.40. The maximum atomic E-state index is 12.4. The van der Waals surface area contributed by atoms with Gasteiger partial charge in [-0.25, -0.2) is 0 Å². The van der Waals surface area contributed by atoms with Gasteiger partial charge in [0.05, 0.1) is 12.7 Å². The van der Waals surface area contributed by atoms with Crippen molar-refractivity contribution in [3.05, 3.63) is 35.4 Å². The number of ether oxygens (including phenoxy) is 1. The third-order valence-electron chi connectivity index (χ3n) is 3.97. The molecule has 1 saturated heterocycles. The molecule has 1 aromatic carbocycles. The van der Waals surface area contributed by atoms with Crippen molar-refractivity contribution in [2.24, 2.45) is 11.7 Å². The molecule has 0 radical (unpaired) electrons. The maximum Gasteiger partial charge on any atom is 0.253 e. The first-order valence-electron chi connectivity index (χ1n) is 7.76. The van der Waals surface area contributed by atoms with Crippen LogP contribution in [0.3, 0.4) is 0 Å². The van der Waals surface area contributed by atoms with E-state index in [1.165, 1.54) is 0 Å². The molecular formula is C17H24N2O3. The van der Waals surface area contributed by atoms with E-state index >= 15 is 0 Å². The van der Waals surface area contributed by atoms with Gasteiger partial charge in [0.25, 0.3) is 5.91 Å². The Labute approximate surface area is 131 Å². The van der Waals surface area contributed by atoms with Crippen LogP contribution in [0.15, 0.2) is 24.3 Å². The lowest BCUT2D eigenvalue weighted by molar-refractivity contribution is -0.123. The summed E-state index contributed by atoms with van der Waals surface area (Å²) >= 11 is 0. The van der Waals surface area contributed by atoms with Gasteiger partial charge in [-0.05, 0) is 44.4 Å². The van der Waals surface area contributed by atoms with Crippen LogP contribution in [0.25, 0.3) is 0 Å². The smallest absolute Gasteiger partial charge is 0.253 e. The fraction of sp³-hybridized carbons (Fsp3) is 0.529. The second-order valence-electron chi connectivity index (χ2n) is 6.03. The van der Waals surface area contributed by atoms with Crippen LogP contribution in [-0.2, 0) is 16.1 Å². The summed E-state index contributed by atoms with van der Waals surface area (Å²) in [5, 5.41) is 0. The van der Waals surface area contributed by atoms with Gasteiger partial charge in [0.1, 0.15) is 0 Å². The Hall–Kier alpha value is -1.88. The number of carbonyl (C=O) groups excluding carboxylic acids is 2. The molecule has 2 amide bonds. The molecule has 2 rings (SSSR count). The third kappa shape index (κ3) is 4.31.